The van der Waals surface area contributed by atoms with Gasteiger partial charge in [0.05, 0.1) is 0 Å². The second-order valence-corrected chi connectivity index (χ2v) is 7.16. The molecule has 1 aliphatic heterocycles. The number of rotatable bonds is 3. The smallest absolute Gasteiger partial charge is 0.276 e. The molecule has 0 spiro atoms. The van der Waals surface area contributed by atoms with E-state index in [1.165, 1.54) is 24.8 Å². The summed E-state index contributed by atoms with van der Waals surface area (Å²) in [4.78, 5) is 14.5. The molecule has 1 aromatic carbocycles. The zero-order chi connectivity index (χ0) is 16.4. The first-order valence-corrected chi connectivity index (χ1v) is 8.93. The summed E-state index contributed by atoms with van der Waals surface area (Å²) in [6.45, 7) is 4.35. The average Bonchev–Trinajstić information content (AvgIpc) is 2.82. The molecule has 23 heavy (non-hydrogen) atoms. The fourth-order valence-corrected chi connectivity index (χ4v) is 3.71. The maximum Gasteiger partial charge on any atom is 0.276 e. The minimum atomic E-state index is 0.0230. The van der Waals surface area contributed by atoms with Gasteiger partial charge in [-0.1, -0.05) is 57.4 Å². The Balaban J connectivity index is 1.78. The third-order valence-electron chi connectivity index (χ3n) is 4.76. The van der Waals surface area contributed by atoms with Crippen molar-refractivity contribution in [2.75, 3.05) is 0 Å². The number of carbonyl (C=O) groups excluding carboxylic acids is 1. The second-order valence-electron chi connectivity index (χ2n) is 6.78. The molecule has 1 N–H and O–H groups in total. The van der Waals surface area contributed by atoms with Crippen molar-refractivity contribution in [3.63, 3.8) is 0 Å². The van der Waals surface area contributed by atoms with E-state index in [1.54, 1.807) is 4.90 Å². The van der Waals surface area contributed by atoms with Crippen LogP contribution in [0.5, 0.6) is 0 Å². The number of carbonyl (C=O) groups is 1. The van der Waals surface area contributed by atoms with Crippen molar-refractivity contribution in [1.82, 2.24) is 10.2 Å². The van der Waals surface area contributed by atoms with Crippen LogP contribution in [0.1, 0.15) is 63.0 Å². The summed E-state index contributed by atoms with van der Waals surface area (Å²) >= 11 is 5.40. The van der Waals surface area contributed by atoms with Crippen LogP contribution in [0, 0.1) is 0 Å². The number of hydrogen-bond acceptors (Lipinski definition) is 2. The number of benzene rings is 1. The van der Waals surface area contributed by atoms with Gasteiger partial charge < -0.3 is 5.32 Å². The van der Waals surface area contributed by atoms with Crippen molar-refractivity contribution >= 4 is 29.3 Å². The highest BCUT2D eigenvalue weighted by atomic mass is 32.1. The van der Waals surface area contributed by atoms with Crippen molar-refractivity contribution in [3.8, 4) is 0 Å². The monoisotopic (exact) mass is 328 g/mol. The molecular weight excluding hydrogens is 304 g/mol. The van der Waals surface area contributed by atoms with Gasteiger partial charge in [0.25, 0.3) is 5.91 Å². The Bertz CT molecular complexity index is 627. The van der Waals surface area contributed by atoms with E-state index < -0.39 is 0 Å². The molecule has 0 aromatic heterocycles. The summed E-state index contributed by atoms with van der Waals surface area (Å²) in [5, 5.41) is 3.67. The third-order valence-corrected chi connectivity index (χ3v) is 5.06. The number of nitrogens with zero attached hydrogens (tertiary/aromatic N) is 1. The van der Waals surface area contributed by atoms with E-state index in [0.29, 0.717) is 16.7 Å². The van der Waals surface area contributed by atoms with Crippen LogP contribution in [0.3, 0.4) is 0 Å². The largest absolute Gasteiger partial charge is 0.328 e. The van der Waals surface area contributed by atoms with Crippen LogP contribution in [-0.4, -0.2) is 22.0 Å². The summed E-state index contributed by atoms with van der Waals surface area (Å²) in [6.07, 6.45) is 7.67. The molecule has 0 radical (unpaired) electrons. The number of thiocarbonyl (C=S) groups is 1. The van der Waals surface area contributed by atoms with Gasteiger partial charge in [-0.3, -0.25) is 9.69 Å². The van der Waals surface area contributed by atoms with Gasteiger partial charge in [0.1, 0.15) is 5.70 Å². The molecule has 1 saturated carbocycles. The third kappa shape index (κ3) is 3.47. The van der Waals surface area contributed by atoms with Crippen molar-refractivity contribution in [2.24, 2.45) is 0 Å². The van der Waals surface area contributed by atoms with Crippen LogP contribution in [0.2, 0.25) is 0 Å². The zero-order valence-electron chi connectivity index (χ0n) is 13.8. The fourth-order valence-electron chi connectivity index (χ4n) is 3.36. The molecule has 1 amide bonds. The lowest BCUT2D eigenvalue weighted by atomic mass is 9.94. The summed E-state index contributed by atoms with van der Waals surface area (Å²) in [7, 11) is 0. The van der Waals surface area contributed by atoms with E-state index in [0.717, 1.165) is 18.4 Å². The molecule has 0 atom stereocenters. The quantitative estimate of drug-likeness (QED) is 0.667. The predicted octanol–water partition coefficient (Wildman–Crippen LogP) is 4.20. The van der Waals surface area contributed by atoms with Gasteiger partial charge in [-0.15, -0.1) is 0 Å². The molecular formula is C19H24N2OS. The van der Waals surface area contributed by atoms with Crippen molar-refractivity contribution < 1.29 is 4.79 Å². The maximum absolute atomic E-state index is 12.7. The van der Waals surface area contributed by atoms with Crippen molar-refractivity contribution in [2.45, 2.75) is 57.9 Å². The minimum Gasteiger partial charge on any atom is -0.328 e. The molecule has 1 heterocycles. The van der Waals surface area contributed by atoms with Crippen molar-refractivity contribution in [3.05, 3.63) is 41.1 Å². The van der Waals surface area contributed by atoms with Gasteiger partial charge in [0, 0.05) is 6.04 Å². The maximum atomic E-state index is 12.7. The fraction of sp³-hybridized carbons (Fsp3) is 0.474. The van der Waals surface area contributed by atoms with Crippen molar-refractivity contribution in [1.29, 1.82) is 0 Å². The average molecular weight is 328 g/mol. The van der Waals surface area contributed by atoms with Gasteiger partial charge in [-0.25, -0.2) is 0 Å². The Morgan fingerprint density at radius 1 is 1.17 bits per heavy atom. The summed E-state index contributed by atoms with van der Waals surface area (Å²) in [5.41, 5.74) is 2.92. The van der Waals surface area contributed by atoms with E-state index >= 15 is 0 Å². The first-order chi connectivity index (χ1) is 11.1. The van der Waals surface area contributed by atoms with Gasteiger partial charge in [-0.2, -0.15) is 0 Å². The topological polar surface area (TPSA) is 32.3 Å². The lowest BCUT2D eigenvalue weighted by Gasteiger charge is -2.29. The summed E-state index contributed by atoms with van der Waals surface area (Å²) in [6, 6.07) is 8.62. The highest BCUT2D eigenvalue weighted by molar-refractivity contribution is 7.80. The Morgan fingerprint density at radius 2 is 1.83 bits per heavy atom. The lowest BCUT2D eigenvalue weighted by Crippen LogP contribution is -2.41. The summed E-state index contributed by atoms with van der Waals surface area (Å²) in [5.74, 6) is 0.534. The Hall–Kier alpha value is -1.68. The highest BCUT2D eigenvalue weighted by Crippen LogP contribution is 2.27. The van der Waals surface area contributed by atoms with Crippen LogP contribution in [-0.2, 0) is 4.79 Å². The molecule has 4 heteroatoms. The van der Waals surface area contributed by atoms with E-state index in [4.69, 9.17) is 12.2 Å². The zero-order valence-corrected chi connectivity index (χ0v) is 14.7. The molecule has 3 rings (SSSR count). The predicted molar refractivity (Wildman–Crippen MR) is 98.0 cm³/mol. The normalized spacial score (nSPS) is 21.3. The van der Waals surface area contributed by atoms with E-state index in [9.17, 15) is 4.79 Å². The van der Waals surface area contributed by atoms with Crippen LogP contribution in [0.15, 0.2) is 30.0 Å². The molecule has 1 aromatic rings. The van der Waals surface area contributed by atoms with E-state index in [-0.39, 0.29) is 11.9 Å². The molecule has 3 nitrogen and oxygen atoms in total. The Labute approximate surface area is 143 Å². The molecule has 1 aliphatic carbocycles. The van der Waals surface area contributed by atoms with E-state index in [2.05, 4.69) is 43.4 Å². The molecule has 0 bridgehead atoms. The molecule has 0 unspecified atom stereocenters. The highest BCUT2D eigenvalue weighted by Gasteiger charge is 2.36. The molecule has 2 fully saturated rings. The van der Waals surface area contributed by atoms with Crippen LogP contribution in [0.25, 0.3) is 6.08 Å². The van der Waals surface area contributed by atoms with Gasteiger partial charge >= 0.3 is 0 Å². The summed E-state index contributed by atoms with van der Waals surface area (Å²) < 4.78 is 0. The van der Waals surface area contributed by atoms with Crippen LogP contribution < -0.4 is 5.32 Å². The number of amides is 1. The second kappa shape index (κ2) is 6.83. The molecule has 2 aliphatic rings. The first kappa shape index (κ1) is 16.2. The molecule has 1 saturated heterocycles. The minimum absolute atomic E-state index is 0.0230. The van der Waals surface area contributed by atoms with Gasteiger partial charge in [-0.05, 0) is 48.2 Å². The number of nitrogens with one attached hydrogen (secondary N) is 1. The van der Waals surface area contributed by atoms with Gasteiger partial charge in [0.15, 0.2) is 5.11 Å². The van der Waals surface area contributed by atoms with Crippen LogP contribution in [0.4, 0.5) is 0 Å². The van der Waals surface area contributed by atoms with Crippen LogP contribution >= 0.6 is 12.2 Å². The standard InChI is InChI=1S/C19H24N2OS/c1-13(2)15-10-8-14(9-11-15)12-17-18(22)21(19(23)20-17)16-6-4-3-5-7-16/h8-13,16H,3-7H2,1-2H3,(H,20,23)/b17-12-. The number of hydrogen-bond donors (Lipinski definition) is 1. The molecule has 122 valence electrons. The lowest BCUT2D eigenvalue weighted by molar-refractivity contribution is -0.124. The first-order valence-electron chi connectivity index (χ1n) is 8.52. The van der Waals surface area contributed by atoms with Gasteiger partial charge in [0.2, 0.25) is 0 Å². The Morgan fingerprint density at radius 3 is 2.43 bits per heavy atom. The SMILES string of the molecule is CC(C)c1ccc(/C=C2\NC(=S)N(C3CCCCC3)C2=O)cc1. The Kier molecular flexibility index (Phi) is 4.81. The van der Waals surface area contributed by atoms with E-state index in [1.807, 2.05) is 6.08 Å².